The number of rotatable bonds is 3. The average molecular weight is 421 g/mol. The van der Waals surface area contributed by atoms with Gasteiger partial charge in [-0.3, -0.25) is 4.79 Å². The van der Waals surface area contributed by atoms with Crippen LogP contribution in [0.5, 0.6) is 0 Å². The summed E-state index contributed by atoms with van der Waals surface area (Å²) in [6.45, 7) is 5.03. The number of piperazine rings is 1. The first-order valence-electron chi connectivity index (χ1n) is 11.1. The van der Waals surface area contributed by atoms with Crippen LogP contribution in [0.4, 0.5) is 16.2 Å². The van der Waals surface area contributed by atoms with Gasteiger partial charge < -0.3 is 24.8 Å². The van der Waals surface area contributed by atoms with Gasteiger partial charge in [-0.05, 0) is 48.2 Å². The molecular weight excluding hydrogens is 392 g/mol. The predicted octanol–water partition coefficient (Wildman–Crippen LogP) is 3.06. The molecule has 0 radical (unpaired) electrons. The minimum absolute atomic E-state index is 0.0785. The molecule has 2 aromatic rings. The molecule has 5 rings (SSSR count). The van der Waals surface area contributed by atoms with Crippen molar-refractivity contribution in [3.63, 3.8) is 0 Å². The minimum Gasteiger partial charge on any atom is -0.368 e. The molecule has 0 bridgehead atoms. The fraction of sp³-hybridized carbons (Fsp3) is 0.417. The second-order valence-corrected chi connectivity index (χ2v) is 8.42. The first-order valence-corrected chi connectivity index (χ1v) is 11.1. The fourth-order valence-corrected chi connectivity index (χ4v) is 4.60. The lowest BCUT2D eigenvalue weighted by Crippen LogP contribution is -2.51. The molecular formula is C24H28N4O3. The van der Waals surface area contributed by atoms with Crippen LogP contribution >= 0.6 is 0 Å². The lowest BCUT2D eigenvalue weighted by Gasteiger charge is -2.37. The number of fused-ring (bicyclic) bond motifs is 1. The van der Waals surface area contributed by atoms with Crippen LogP contribution in [0.2, 0.25) is 0 Å². The fourth-order valence-electron chi connectivity index (χ4n) is 4.60. The molecule has 1 N–H and O–H groups in total. The topological polar surface area (TPSA) is 65.1 Å². The summed E-state index contributed by atoms with van der Waals surface area (Å²) in [5.41, 5.74) is 4.32. The highest BCUT2D eigenvalue weighted by atomic mass is 16.5. The van der Waals surface area contributed by atoms with Gasteiger partial charge in [-0.1, -0.05) is 24.3 Å². The van der Waals surface area contributed by atoms with Gasteiger partial charge in [0, 0.05) is 57.3 Å². The number of ether oxygens (including phenoxy) is 1. The molecule has 1 unspecified atom stereocenters. The van der Waals surface area contributed by atoms with E-state index in [-0.39, 0.29) is 18.0 Å². The molecule has 3 aliphatic rings. The molecule has 1 atom stereocenters. The third-order valence-corrected chi connectivity index (χ3v) is 6.41. The van der Waals surface area contributed by atoms with Crippen molar-refractivity contribution in [2.75, 3.05) is 43.0 Å². The Morgan fingerprint density at radius 1 is 0.871 bits per heavy atom. The first-order chi connectivity index (χ1) is 15.2. The quantitative estimate of drug-likeness (QED) is 0.829. The highest BCUT2D eigenvalue weighted by Crippen LogP contribution is 2.24. The number of anilines is 2. The van der Waals surface area contributed by atoms with Crippen LogP contribution in [0.3, 0.4) is 0 Å². The Labute approximate surface area is 182 Å². The van der Waals surface area contributed by atoms with Crippen LogP contribution in [0, 0.1) is 0 Å². The summed E-state index contributed by atoms with van der Waals surface area (Å²) >= 11 is 0. The first kappa shape index (κ1) is 19.9. The zero-order valence-electron chi connectivity index (χ0n) is 17.6. The summed E-state index contributed by atoms with van der Waals surface area (Å²) < 4.78 is 5.54. The number of amides is 3. The highest BCUT2D eigenvalue weighted by molar-refractivity contribution is 5.90. The summed E-state index contributed by atoms with van der Waals surface area (Å²) in [5, 5.41) is 3.00. The van der Waals surface area contributed by atoms with Crippen LogP contribution in [-0.2, 0) is 22.6 Å². The van der Waals surface area contributed by atoms with Gasteiger partial charge in [0.25, 0.3) is 5.91 Å². The molecule has 31 heavy (non-hydrogen) atoms. The van der Waals surface area contributed by atoms with Crippen molar-refractivity contribution in [1.29, 1.82) is 0 Å². The summed E-state index contributed by atoms with van der Waals surface area (Å²) in [6, 6.07) is 16.1. The van der Waals surface area contributed by atoms with Gasteiger partial charge in [-0.15, -0.1) is 0 Å². The molecule has 2 fully saturated rings. The Kier molecular flexibility index (Phi) is 5.51. The maximum atomic E-state index is 12.6. The van der Waals surface area contributed by atoms with Crippen LogP contribution < -0.4 is 10.2 Å². The van der Waals surface area contributed by atoms with Gasteiger partial charge in [0.15, 0.2) is 0 Å². The normalized spacial score (nSPS) is 20.6. The largest absolute Gasteiger partial charge is 0.368 e. The van der Waals surface area contributed by atoms with Crippen molar-refractivity contribution in [3.05, 3.63) is 59.7 Å². The molecule has 7 nitrogen and oxygen atoms in total. The van der Waals surface area contributed by atoms with Gasteiger partial charge in [0.2, 0.25) is 0 Å². The van der Waals surface area contributed by atoms with Crippen LogP contribution in [-0.4, -0.2) is 60.6 Å². The second-order valence-electron chi connectivity index (χ2n) is 8.42. The van der Waals surface area contributed by atoms with E-state index < -0.39 is 0 Å². The van der Waals surface area contributed by atoms with Gasteiger partial charge in [0.1, 0.15) is 6.10 Å². The Morgan fingerprint density at radius 3 is 2.16 bits per heavy atom. The van der Waals surface area contributed by atoms with Crippen LogP contribution in [0.15, 0.2) is 48.5 Å². The van der Waals surface area contributed by atoms with Gasteiger partial charge in [-0.25, -0.2) is 4.79 Å². The predicted molar refractivity (Wildman–Crippen MR) is 119 cm³/mol. The van der Waals surface area contributed by atoms with E-state index in [1.54, 1.807) is 0 Å². The SMILES string of the molecule is O=C(Nc1ccc(N2CCN(C(=O)C3CCCO3)CC2)cc1)N1Cc2ccccc2C1. The van der Waals surface area contributed by atoms with E-state index in [2.05, 4.69) is 22.3 Å². The average Bonchev–Trinajstić information content (AvgIpc) is 3.49. The standard InChI is InChI=1S/C24H28N4O3/c29-23(22-6-3-15-31-22)27-13-11-26(12-14-27)21-9-7-20(8-10-21)25-24(30)28-16-18-4-1-2-5-19(18)17-28/h1-2,4-5,7-10,22H,3,6,11-17H2,(H,25,30). The van der Waals surface area contributed by atoms with Crippen molar-refractivity contribution in [1.82, 2.24) is 9.80 Å². The summed E-state index contributed by atoms with van der Waals surface area (Å²) in [4.78, 5) is 31.2. The molecule has 0 aromatic heterocycles. The zero-order chi connectivity index (χ0) is 21.2. The molecule has 2 aromatic carbocycles. The third-order valence-electron chi connectivity index (χ3n) is 6.41. The minimum atomic E-state index is -0.238. The number of nitrogens with one attached hydrogen (secondary N) is 1. The molecule has 3 heterocycles. The monoisotopic (exact) mass is 420 g/mol. The van der Waals surface area contributed by atoms with Crippen LogP contribution in [0.25, 0.3) is 0 Å². The Bertz CT molecular complexity index is 923. The Hall–Kier alpha value is -3.06. The lowest BCUT2D eigenvalue weighted by molar-refractivity contribution is -0.141. The molecule has 2 saturated heterocycles. The maximum absolute atomic E-state index is 12.6. The highest BCUT2D eigenvalue weighted by Gasteiger charge is 2.30. The number of urea groups is 1. The van der Waals surface area contributed by atoms with Crippen molar-refractivity contribution in [2.24, 2.45) is 0 Å². The number of nitrogens with zero attached hydrogens (tertiary/aromatic N) is 3. The molecule has 162 valence electrons. The molecule has 0 aliphatic carbocycles. The smallest absolute Gasteiger partial charge is 0.322 e. The Balaban J connectivity index is 1.13. The number of hydrogen-bond donors (Lipinski definition) is 1. The molecule has 0 spiro atoms. The lowest BCUT2D eigenvalue weighted by atomic mass is 10.1. The molecule has 3 aliphatic heterocycles. The summed E-state index contributed by atoms with van der Waals surface area (Å²) in [7, 11) is 0. The Morgan fingerprint density at radius 2 is 1.55 bits per heavy atom. The number of carbonyl (C=O) groups excluding carboxylic acids is 2. The van der Waals surface area contributed by atoms with E-state index in [0.717, 1.165) is 37.3 Å². The second kappa shape index (κ2) is 8.59. The van der Waals surface area contributed by atoms with Crippen molar-refractivity contribution < 1.29 is 14.3 Å². The van der Waals surface area contributed by atoms with E-state index in [9.17, 15) is 9.59 Å². The number of hydrogen-bond acceptors (Lipinski definition) is 4. The van der Waals surface area contributed by atoms with E-state index in [1.807, 2.05) is 46.2 Å². The van der Waals surface area contributed by atoms with Crippen molar-refractivity contribution in [3.8, 4) is 0 Å². The van der Waals surface area contributed by atoms with Gasteiger partial charge >= 0.3 is 6.03 Å². The van der Waals surface area contributed by atoms with E-state index in [4.69, 9.17) is 4.74 Å². The van der Waals surface area contributed by atoms with Crippen molar-refractivity contribution >= 4 is 23.3 Å². The van der Waals surface area contributed by atoms with Crippen LogP contribution in [0.1, 0.15) is 24.0 Å². The molecule has 7 heteroatoms. The summed E-state index contributed by atoms with van der Waals surface area (Å²) in [5.74, 6) is 0.138. The number of benzene rings is 2. The van der Waals surface area contributed by atoms with E-state index in [0.29, 0.717) is 32.8 Å². The van der Waals surface area contributed by atoms with Crippen molar-refractivity contribution in [2.45, 2.75) is 32.0 Å². The molecule has 3 amide bonds. The van der Waals surface area contributed by atoms with E-state index in [1.165, 1.54) is 11.1 Å². The van der Waals surface area contributed by atoms with Gasteiger partial charge in [0.05, 0.1) is 0 Å². The summed E-state index contributed by atoms with van der Waals surface area (Å²) in [6.07, 6.45) is 1.58. The number of carbonyl (C=O) groups is 2. The van der Waals surface area contributed by atoms with E-state index >= 15 is 0 Å². The zero-order valence-corrected chi connectivity index (χ0v) is 17.6. The third kappa shape index (κ3) is 4.23. The maximum Gasteiger partial charge on any atom is 0.322 e. The van der Waals surface area contributed by atoms with Gasteiger partial charge in [-0.2, -0.15) is 0 Å². The molecule has 0 saturated carbocycles.